The molecule has 0 aromatic heterocycles. The van der Waals surface area contributed by atoms with E-state index in [1.165, 1.54) is 4.90 Å². The molecule has 1 rings (SSSR count). The van der Waals surface area contributed by atoms with Crippen LogP contribution >= 0.6 is 0 Å². The van der Waals surface area contributed by atoms with Gasteiger partial charge in [-0.1, -0.05) is 13.8 Å². The van der Waals surface area contributed by atoms with Crippen LogP contribution in [0, 0.1) is 5.92 Å². The Kier molecular flexibility index (Phi) is 6.08. The number of rotatable bonds is 8. The van der Waals surface area contributed by atoms with Gasteiger partial charge < -0.3 is 20.1 Å². The van der Waals surface area contributed by atoms with E-state index in [4.69, 9.17) is 9.84 Å². The molecule has 0 aliphatic heterocycles. The van der Waals surface area contributed by atoms with Crippen LogP contribution in [0.5, 0.6) is 0 Å². The molecule has 110 valence electrons. The zero-order valence-corrected chi connectivity index (χ0v) is 11.9. The predicted molar refractivity (Wildman–Crippen MR) is 71.0 cm³/mol. The van der Waals surface area contributed by atoms with Crippen molar-refractivity contribution in [2.75, 3.05) is 19.8 Å². The minimum absolute atomic E-state index is 0.0796. The highest BCUT2D eigenvalue weighted by atomic mass is 16.5. The first-order valence-electron chi connectivity index (χ1n) is 6.82. The first kappa shape index (κ1) is 15.8. The Morgan fingerprint density at radius 2 is 2.05 bits per heavy atom. The molecule has 0 bridgehead atoms. The number of hydrogen-bond donors (Lipinski definition) is 2. The van der Waals surface area contributed by atoms with E-state index in [9.17, 15) is 9.59 Å². The van der Waals surface area contributed by atoms with Gasteiger partial charge in [-0.2, -0.15) is 0 Å². The summed E-state index contributed by atoms with van der Waals surface area (Å²) in [6.45, 7) is 6.72. The number of carbonyl (C=O) groups excluding carboxylic acids is 1. The normalized spacial score (nSPS) is 16.2. The van der Waals surface area contributed by atoms with E-state index in [1.807, 2.05) is 20.8 Å². The van der Waals surface area contributed by atoms with E-state index >= 15 is 0 Å². The molecule has 0 radical (unpaired) electrons. The monoisotopic (exact) mass is 272 g/mol. The van der Waals surface area contributed by atoms with Crippen LogP contribution in [0.15, 0.2) is 0 Å². The smallest absolute Gasteiger partial charge is 0.323 e. The summed E-state index contributed by atoms with van der Waals surface area (Å²) in [6, 6.07) is -0.318. The number of nitrogens with zero attached hydrogens (tertiary/aromatic N) is 1. The van der Waals surface area contributed by atoms with Crippen molar-refractivity contribution in [1.29, 1.82) is 0 Å². The van der Waals surface area contributed by atoms with Crippen LogP contribution in [0.1, 0.15) is 33.6 Å². The van der Waals surface area contributed by atoms with Crippen LogP contribution in [0.3, 0.4) is 0 Å². The minimum atomic E-state index is -0.979. The number of hydrogen-bond acceptors (Lipinski definition) is 3. The van der Waals surface area contributed by atoms with Crippen LogP contribution < -0.4 is 5.32 Å². The van der Waals surface area contributed by atoms with Crippen molar-refractivity contribution in [3.8, 4) is 0 Å². The maximum atomic E-state index is 12.1. The van der Waals surface area contributed by atoms with Gasteiger partial charge in [0, 0.05) is 12.6 Å². The summed E-state index contributed by atoms with van der Waals surface area (Å²) < 4.78 is 5.35. The summed E-state index contributed by atoms with van der Waals surface area (Å²) in [5.74, 6) is -0.741. The van der Waals surface area contributed by atoms with Crippen molar-refractivity contribution in [3.63, 3.8) is 0 Å². The van der Waals surface area contributed by atoms with Crippen LogP contribution in [0.4, 0.5) is 4.79 Å². The third-order valence-corrected chi connectivity index (χ3v) is 3.17. The molecule has 1 atom stereocenters. The lowest BCUT2D eigenvalue weighted by Gasteiger charge is -2.27. The predicted octanol–water partition coefficient (Wildman–Crippen LogP) is 1.31. The van der Waals surface area contributed by atoms with Crippen molar-refractivity contribution in [1.82, 2.24) is 10.2 Å². The topological polar surface area (TPSA) is 78.9 Å². The fraction of sp³-hybridized carbons (Fsp3) is 0.846. The van der Waals surface area contributed by atoms with E-state index in [2.05, 4.69) is 5.32 Å². The number of urea groups is 1. The summed E-state index contributed by atoms with van der Waals surface area (Å²) in [5.41, 5.74) is 0. The lowest BCUT2D eigenvalue weighted by molar-refractivity contribution is -0.137. The second kappa shape index (κ2) is 7.33. The molecule has 1 unspecified atom stereocenters. The SMILES string of the molecule is CCOCC(NC(=O)N(CC(=O)O)C1CC1)C(C)C. The zero-order chi connectivity index (χ0) is 14.4. The first-order valence-corrected chi connectivity index (χ1v) is 6.82. The molecule has 1 aliphatic carbocycles. The van der Waals surface area contributed by atoms with Gasteiger partial charge >= 0.3 is 12.0 Å². The molecule has 0 spiro atoms. The van der Waals surface area contributed by atoms with Crippen molar-refractivity contribution < 1.29 is 19.4 Å². The molecule has 6 heteroatoms. The molecule has 0 saturated heterocycles. The number of nitrogens with one attached hydrogen (secondary N) is 1. The van der Waals surface area contributed by atoms with Crippen molar-refractivity contribution in [2.24, 2.45) is 5.92 Å². The van der Waals surface area contributed by atoms with Gasteiger partial charge in [-0.15, -0.1) is 0 Å². The molecular formula is C13H24N2O4. The molecule has 0 aromatic rings. The van der Waals surface area contributed by atoms with Gasteiger partial charge in [0.25, 0.3) is 0 Å². The average Bonchev–Trinajstić information content (AvgIpc) is 3.14. The number of aliphatic carboxylic acids is 1. The highest BCUT2D eigenvalue weighted by molar-refractivity contribution is 5.80. The Balaban J connectivity index is 2.54. The molecule has 0 aromatic carbocycles. The number of carboxylic acid groups (broad SMARTS) is 1. The van der Waals surface area contributed by atoms with Crippen LogP contribution in [0.25, 0.3) is 0 Å². The molecule has 2 amide bonds. The van der Waals surface area contributed by atoms with Crippen molar-refractivity contribution in [2.45, 2.75) is 45.7 Å². The maximum absolute atomic E-state index is 12.1. The van der Waals surface area contributed by atoms with E-state index in [-0.39, 0.29) is 30.6 Å². The molecule has 1 fully saturated rings. The minimum Gasteiger partial charge on any atom is -0.480 e. The summed E-state index contributed by atoms with van der Waals surface area (Å²) in [5, 5.41) is 11.7. The van der Waals surface area contributed by atoms with Gasteiger partial charge in [-0.25, -0.2) is 4.79 Å². The first-order chi connectivity index (χ1) is 8.95. The summed E-state index contributed by atoms with van der Waals surface area (Å²) in [7, 11) is 0. The van der Waals surface area contributed by atoms with Gasteiger partial charge in [0.1, 0.15) is 6.54 Å². The standard InChI is InChI=1S/C13H24N2O4/c1-4-19-8-11(9(2)3)14-13(18)15(7-12(16)17)10-5-6-10/h9-11H,4-8H2,1-3H3,(H,14,18)(H,16,17). The van der Waals surface area contributed by atoms with E-state index < -0.39 is 5.97 Å². The highest BCUT2D eigenvalue weighted by Gasteiger charge is 2.34. The average molecular weight is 272 g/mol. The summed E-state index contributed by atoms with van der Waals surface area (Å²) in [4.78, 5) is 24.3. The number of carbonyl (C=O) groups is 2. The van der Waals surface area contributed by atoms with Gasteiger partial charge in [0.15, 0.2) is 0 Å². The largest absolute Gasteiger partial charge is 0.480 e. The molecule has 6 nitrogen and oxygen atoms in total. The third-order valence-electron chi connectivity index (χ3n) is 3.17. The summed E-state index contributed by atoms with van der Waals surface area (Å²) >= 11 is 0. The molecule has 2 N–H and O–H groups in total. The van der Waals surface area contributed by atoms with E-state index in [1.54, 1.807) is 0 Å². The maximum Gasteiger partial charge on any atom is 0.323 e. The number of carboxylic acids is 1. The Labute approximate surface area is 114 Å². The van der Waals surface area contributed by atoms with Crippen LogP contribution in [-0.2, 0) is 9.53 Å². The quantitative estimate of drug-likeness (QED) is 0.698. The number of amides is 2. The Morgan fingerprint density at radius 1 is 1.42 bits per heavy atom. The van der Waals surface area contributed by atoms with Gasteiger partial charge in [0.05, 0.1) is 12.6 Å². The number of ether oxygens (including phenoxy) is 1. The van der Waals surface area contributed by atoms with Gasteiger partial charge in [-0.3, -0.25) is 4.79 Å². The Hall–Kier alpha value is -1.30. The fourth-order valence-corrected chi connectivity index (χ4v) is 1.79. The molecular weight excluding hydrogens is 248 g/mol. The molecule has 19 heavy (non-hydrogen) atoms. The van der Waals surface area contributed by atoms with Crippen LogP contribution in [0.2, 0.25) is 0 Å². The van der Waals surface area contributed by atoms with Crippen molar-refractivity contribution in [3.05, 3.63) is 0 Å². The third kappa shape index (κ3) is 5.46. The molecule has 1 saturated carbocycles. The van der Waals surface area contributed by atoms with E-state index in [0.717, 1.165) is 12.8 Å². The summed E-state index contributed by atoms with van der Waals surface area (Å²) in [6.07, 6.45) is 1.77. The lowest BCUT2D eigenvalue weighted by Crippen LogP contribution is -2.50. The lowest BCUT2D eigenvalue weighted by atomic mass is 10.1. The van der Waals surface area contributed by atoms with Crippen molar-refractivity contribution >= 4 is 12.0 Å². The molecule has 0 heterocycles. The van der Waals surface area contributed by atoms with Gasteiger partial charge in [0.2, 0.25) is 0 Å². The fourth-order valence-electron chi connectivity index (χ4n) is 1.79. The van der Waals surface area contributed by atoms with Crippen LogP contribution in [-0.4, -0.2) is 53.8 Å². The molecule has 1 aliphatic rings. The zero-order valence-electron chi connectivity index (χ0n) is 11.9. The van der Waals surface area contributed by atoms with E-state index in [0.29, 0.717) is 13.2 Å². The van der Waals surface area contributed by atoms with Gasteiger partial charge in [-0.05, 0) is 25.7 Å². The highest BCUT2D eigenvalue weighted by Crippen LogP contribution is 2.26. The Bertz CT molecular complexity index is 316. The second-order valence-corrected chi connectivity index (χ2v) is 5.21. The second-order valence-electron chi connectivity index (χ2n) is 5.21. The Morgan fingerprint density at radius 3 is 2.47 bits per heavy atom.